The second kappa shape index (κ2) is 5.61. The molecule has 2 rings (SSSR count). The summed E-state index contributed by atoms with van der Waals surface area (Å²) in [6.45, 7) is 5.40. The average molecular weight is 255 g/mol. The molecule has 1 aromatic carbocycles. The number of nitrogens with zero attached hydrogens (tertiary/aromatic N) is 1. The fraction of sp³-hybridized carbons (Fsp3) is 0.538. The third-order valence-corrected chi connectivity index (χ3v) is 3.49. The molecule has 94 valence electrons. The van der Waals surface area contributed by atoms with Crippen LogP contribution in [0.1, 0.15) is 13.3 Å². The van der Waals surface area contributed by atoms with Crippen LogP contribution < -0.4 is 15.0 Å². The summed E-state index contributed by atoms with van der Waals surface area (Å²) in [5, 5.41) is 4.11. The van der Waals surface area contributed by atoms with Gasteiger partial charge in [0.1, 0.15) is 5.75 Å². The number of nitrogens with one attached hydrogen (secondary N) is 1. The Morgan fingerprint density at radius 2 is 2.29 bits per heavy atom. The van der Waals surface area contributed by atoms with E-state index in [2.05, 4.69) is 23.2 Å². The van der Waals surface area contributed by atoms with Gasteiger partial charge in [-0.15, -0.1) is 0 Å². The lowest BCUT2D eigenvalue weighted by Gasteiger charge is -2.29. The van der Waals surface area contributed by atoms with Gasteiger partial charge in [-0.3, -0.25) is 0 Å². The zero-order valence-electron chi connectivity index (χ0n) is 10.4. The van der Waals surface area contributed by atoms with Crippen LogP contribution in [0.25, 0.3) is 0 Å². The molecule has 1 heterocycles. The van der Waals surface area contributed by atoms with Gasteiger partial charge in [-0.2, -0.15) is 0 Å². The number of anilines is 1. The van der Waals surface area contributed by atoms with Gasteiger partial charge in [0.05, 0.1) is 12.1 Å². The molecule has 1 N–H and O–H groups in total. The molecule has 0 aliphatic carbocycles. The number of ether oxygens (including phenoxy) is 1. The summed E-state index contributed by atoms with van der Waals surface area (Å²) in [4.78, 5) is 2.39. The Labute approximate surface area is 108 Å². The lowest BCUT2D eigenvalue weighted by atomic mass is 10.2. The molecule has 1 aromatic rings. The van der Waals surface area contributed by atoms with Gasteiger partial charge in [0.15, 0.2) is 0 Å². The zero-order valence-corrected chi connectivity index (χ0v) is 11.1. The van der Waals surface area contributed by atoms with Gasteiger partial charge >= 0.3 is 0 Å². The highest BCUT2D eigenvalue weighted by atomic mass is 35.5. The Hall–Kier alpha value is -0.930. The third kappa shape index (κ3) is 2.85. The second-order valence-electron chi connectivity index (χ2n) is 4.42. The number of hydrogen-bond acceptors (Lipinski definition) is 3. The van der Waals surface area contributed by atoms with E-state index in [0.717, 1.165) is 31.8 Å². The van der Waals surface area contributed by atoms with E-state index in [1.807, 2.05) is 12.1 Å². The van der Waals surface area contributed by atoms with Crippen LogP contribution in [0, 0.1) is 0 Å². The van der Waals surface area contributed by atoms with E-state index >= 15 is 0 Å². The Balaban J connectivity index is 2.22. The van der Waals surface area contributed by atoms with Gasteiger partial charge in [0, 0.05) is 24.8 Å². The molecule has 1 saturated heterocycles. The highest BCUT2D eigenvalue weighted by Crippen LogP contribution is 2.30. The molecular formula is C13H19ClN2O. The van der Waals surface area contributed by atoms with Crippen LogP contribution in [0.4, 0.5) is 5.69 Å². The smallest absolute Gasteiger partial charge is 0.137 e. The lowest BCUT2D eigenvalue weighted by molar-refractivity contribution is 0.415. The summed E-state index contributed by atoms with van der Waals surface area (Å²) in [5.74, 6) is 0.732. The van der Waals surface area contributed by atoms with Gasteiger partial charge in [-0.25, -0.2) is 0 Å². The van der Waals surface area contributed by atoms with Crippen LogP contribution >= 0.6 is 11.6 Å². The summed E-state index contributed by atoms with van der Waals surface area (Å²) >= 11 is 6.17. The quantitative estimate of drug-likeness (QED) is 0.878. The Morgan fingerprint density at radius 3 is 3.00 bits per heavy atom. The van der Waals surface area contributed by atoms with Crippen LogP contribution in [0.5, 0.6) is 5.75 Å². The number of methoxy groups -OCH3 is 1. The first-order valence-electron chi connectivity index (χ1n) is 6.03. The number of benzene rings is 1. The highest BCUT2D eigenvalue weighted by Gasteiger charge is 2.17. The molecule has 0 aromatic heterocycles. The average Bonchev–Trinajstić information content (AvgIpc) is 2.54. The van der Waals surface area contributed by atoms with Crippen LogP contribution in [0.3, 0.4) is 0 Å². The Kier molecular flexibility index (Phi) is 4.13. The van der Waals surface area contributed by atoms with E-state index in [4.69, 9.17) is 16.3 Å². The molecule has 0 amide bonds. The van der Waals surface area contributed by atoms with Gasteiger partial charge < -0.3 is 15.0 Å². The summed E-state index contributed by atoms with van der Waals surface area (Å²) < 4.78 is 5.18. The maximum atomic E-state index is 6.17. The standard InChI is InChI=1S/C13H19ClN2O/c1-10-9-15-6-3-7-16(10)11-4-5-13(17-2)12(14)8-11/h4-5,8,10,15H,3,6-7,9H2,1-2H3. The van der Waals surface area contributed by atoms with E-state index in [-0.39, 0.29) is 0 Å². The van der Waals surface area contributed by atoms with Crippen molar-refractivity contribution in [3.05, 3.63) is 23.2 Å². The highest BCUT2D eigenvalue weighted by molar-refractivity contribution is 6.32. The molecule has 0 radical (unpaired) electrons. The van der Waals surface area contributed by atoms with Crippen molar-refractivity contribution in [2.75, 3.05) is 31.6 Å². The van der Waals surface area contributed by atoms with Crippen LogP contribution in [-0.2, 0) is 0 Å². The maximum absolute atomic E-state index is 6.17. The third-order valence-electron chi connectivity index (χ3n) is 3.19. The largest absolute Gasteiger partial charge is 0.495 e. The Morgan fingerprint density at radius 1 is 1.47 bits per heavy atom. The van der Waals surface area contributed by atoms with Crippen molar-refractivity contribution >= 4 is 17.3 Å². The van der Waals surface area contributed by atoms with E-state index in [9.17, 15) is 0 Å². The molecule has 0 spiro atoms. The second-order valence-corrected chi connectivity index (χ2v) is 4.83. The fourth-order valence-electron chi connectivity index (χ4n) is 2.23. The van der Waals surface area contributed by atoms with Crippen molar-refractivity contribution in [2.45, 2.75) is 19.4 Å². The van der Waals surface area contributed by atoms with Gasteiger partial charge in [0.2, 0.25) is 0 Å². The van der Waals surface area contributed by atoms with Gasteiger partial charge in [0.25, 0.3) is 0 Å². The van der Waals surface area contributed by atoms with Gasteiger partial charge in [-0.05, 0) is 38.1 Å². The van der Waals surface area contributed by atoms with E-state index in [1.165, 1.54) is 5.69 Å². The van der Waals surface area contributed by atoms with Crippen molar-refractivity contribution in [1.29, 1.82) is 0 Å². The maximum Gasteiger partial charge on any atom is 0.137 e. The molecule has 1 aliphatic heterocycles. The molecular weight excluding hydrogens is 236 g/mol. The normalized spacial score (nSPS) is 21.1. The van der Waals surface area contributed by atoms with Crippen LogP contribution in [-0.4, -0.2) is 32.8 Å². The Bertz CT molecular complexity index is 384. The molecule has 3 nitrogen and oxygen atoms in total. The SMILES string of the molecule is COc1ccc(N2CCCNCC2C)cc1Cl. The minimum atomic E-state index is 0.488. The number of halogens is 1. The predicted octanol–water partition coefficient (Wildman–Crippen LogP) is 2.54. The van der Waals surface area contributed by atoms with E-state index in [0.29, 0.717) is 11.1 Å². The molecule has 4 heteroatoms. The fourth-order valence-corrected chi connectivity index (χ4v) is 2.49. The van der Waals surface area contributed by atoms with E-state index in [1.54, 1.807) is 7.11 Å². The molecule has 0 bridgehead atoms. The predicted molar refractivity (Wildman–Crippen MR) is 72.3 cm³/mol. The monoisotopic (exact) mass is 254 g/mol. The summed E-state index contributed by atoms with van der Waals surface area (Å²) in [5.41, 5.74) is 1.17. The topological polar surface area (TPSA) is 24.5 Å². The molecule has 1 fully saturated rings. The van der Waals surface area contributed by atoms with Gasteiger partial charge in [-0.1, -0.05) is 11.6 Å². The first-order chi connectivity index (χ1) is 8.22. The minimum absolute atomic E-state index is 0.488. The van der Waals surface area contributed by atoms with E-state index < -0.39 is 0 Å². The summed E-state index contributed by atoms with van der Waals surface area (Å²) in [6.07, 6.45) is 1.16. The molecule has 17 heavy (non-hydrogen) atoms. The summed E-state index contributed by atoms with van der Waals surface area (Å²) in [7, 11) is 1.64. The number of rotatable bonds is 2. The lowest BCUT2D eigenvalue weighted by Crippen LogP contribution is -2.37. The molecule has 1 aliphatic rings. The zero-order chi connectivity index (χ0) is 12.3. The van der Waals surface area contributed by atoms with Crippen molar-refractivity contribution < 1.29 is 4.74 Å². The minimum Gasteiger partial charge on any atom is -0.495 e. The van der Waals surface area contributed by atoms with Crippen molar-refractivity contribution in [3.63, 3.8) is 0 Å². The molecule has 1 atom stereocenters. The molecule has 0 saturated carbocycles. The van der Waals surface area contributed by atoms with Crippen molar-refractivity contribution in [3.8, 4) is 5.75 Å². The first kappa shape index (κ1) is 12.5. The first-order valence-corrected chi connectivity index (χ1v) is 6.41. The van der Waals surface area contributed by atoms with Crippen molar-refractivity contribution in [1.82, 2.24) is 5.32 Å². The number of hydrogen-bond donors (Lipinski definition) is 1. The molecule has 1 unspecified atom stereocenters. The summed E-state index contributed by atoms with van der Waals surface area (Å²) in [6, 6.07) is 6.49. The van der Waals surface area contributed by atoms with Crippen molar-refractivity contribution in [2.24, 2.45) is 0 Å². The van der Waals surface area contributed by atoms with Crippen LogP contribution in [0.15, 0.2) is 18.2 Å². The van der Waals surface area contributed by atoms with Crippen LogP contribution in [0.2, 0.25) is 5.02 Å².